The summed E-state index contributed by atoms with van der Waals surface area (Å²) in [5, 5.41) is 20.1. The van der Waals surface area contributed by atoms with Gasteiger partial charge in [0.05, 0.1) is 10.5 Å². The molecule has 0 fully saturated rings. The third kappa shape index (κ3) is 4.20. The topological polar surface area (TPSA) is 89.4 Å². The average Bonchev–Trinajstić information content (AvgIpc) is 2.25. The summed E-state index contributed by atoms with van der Waals surface area (Å²) in [7, 11) is 0. The largest absolute Gasteiger partial charge is 0.508 e. The lowest BCUT2D eigenvalue weighted by atomic mass is 10.00. The fourth-order valence-electron chi connectivity index (χ4n) is 1.58. The van der Waals surface area contributed by atoms with E-state index in [4.69, 9.17) is 5.73 Å². The van der Waals surface area contributed by atoms with Crippen LogP contribution in [0.15, 0.2) is 18.2 Å². The molecule has 0 bridgehead atoms. The SMILES string of the molecule is CCCC[C@H](N)c1cc(O)ccc1[N+](=O)[O-].Cl. The fourth-order valence-corrected chi connectivity index (χ4v) is 1.58. The number of nitrogens with zero attached hydrogens (tertiary/aromatic N) is 1. The fraction of sp³-hybridized carbons (Fsp3) is 0.455. The van der Waals surface area contributed by atoms with Crippen LogP contribution in [0.1, 0.15) is 37.8 Å². The van der Waals surface area contributed by atoms with Crippen molar-refractivity contribution in [1.82, 2.24) is 0 Å². The summed E-state index contributed by atoms with van der Waals surface area (Å²) in [5.41, 5.74) is 6.25. The zero-order chi connectivity index (χ0) is 12.1. The van der Waals surface area contributed by atoms with Gasteiger partial charge in [0, 0.05) is 12.1 Å². The van der Waals surface area contributed by atoms with Gasteiger partial charge in [0.1, 0.15) is 5.75 Å². The minimum atomic E-state index is -0.472. The maximum absolute atomic E-state index is 10.8. The van der Waals surface area contributed by atoms with Gasteiger partial charge in [0.25, 0.3) is 5.69 Å². The highest BCUT2D eigenvalue weighted by Gasteiger charge is 2.19. The van der Waals surface area contributed by atoms with Crippen LogP contribution >= 0.6 is 12.4 Å². The van der Waals surface area contributed by atoms with E-state index in [0.29, 0.717) is 12.0 Å². The van der Waals surface area contributed by atoms with Crippen molar-refractivity contribution in [1.29, 1.82) is 0 Å². The highest BCUT2D eigenvalue weighted by molar-refractivity contribution is 5.85. The molecule has 3 N–H and O–H groups in total. The van der Waals surface area contributed by atoms with Crippen molar-refractivity contribution in [2.24, 2.45) is 5.73 Å². The number of nitrogens with two attached hydrogens (primary N) is 1. The quantitative estimate of drug-likeness (QED) is 0.629. The van der Waals surface area contributed by atoms with E-state index in [9.17, 15) is 15.2 Å². The summed E-state index contributed by atoms with van der Waals surface area (Å²) in [6, 6.07) is 3.57. The molecule has 0 saturated heterocycles. The van der Waals surface area contributed by atoms with E-state index < -0.39 is 11.0 Å². The Kier molecular flexibility index (Phi) is 6.53. The molecule has 0 saturated carbocycles. The lowest BCUT2D eigenvalue weighted by molar-refractivity contribution is -0.385. The molecule has 0 aromatic heterocycles. The molecule has 0 aliphatic heterocycles. The molecule has 0 heterocycles. The molecule has 1 rings (SSSR count). The molecule has 0 radical (unpaired) electrons. The van der Waals surface area contributed by atoms with Gasteiger partial charge in [-0.3, -0.25) is 10.1 Å². The van der Waals surface area contributed by atoms with Crippen LogP contribution in [0.4, 0.5) is 5.69 Å². The van der Waals surface area contributed by atoms with Crippen molar-refractivity contribution in [2.45, 2.75) is 32.2 Å². The second-order valence-corrected chi connectivity index (χ2v) is 3.75. The second kappa shape index (κ2) is 7.09. The van der Waals surface area contributed by atoms with Crippen molar-refractivity contribution in [3.8, 4) is 5.75 Å². The van der Waals surface area contributed by atoms with E-state index >= 15 is 0 Å². The minimum Gasteiger partial charge on any atom is -0.508 e. The number of benzene rings is 1. The van der Waals surface area contributed by atoms with Gasteiger partial charge in [-0.15, -0.1) is 12.4 Å². The molecule has 1 atom stereocenters. The minimum absolute atomic E-state index is 0. The average molecular weight is 261 g/mol. The van der Waals surface area contributed by atoms with Gasteiger partial charge in [-0.05, 0) is 18.6 Å². The maximum atomic E-state index is 10.8. The highest BCUT2D eigenvalue weighted by Crippen LogP contribution is 2.29. The van der Waals surface area contributed by atoms with E-state index in [0.717, 1.165) is 12.8 Å². The Morgan fingerprint density at radius 3 is 2.71 bits per heavy atom. The van der Waals surface area contributed by atoms with Gasteiger partial charge in [-0.1, -0.05) is 19.8 Å². The molecule has 0 unspecified atom stereocenters. The Morgan fingerprint density at radius 1 is 1.53 bits per heavy atom. The Morgan fingerprint density at radius 2 is 2.18 bits per heavy atom. The standard InChI is InChI=1S/C11H16N2O3.ClH/c1-2-3-4-10(12)9-7-8(14)5-6-11(9)13(15)16;/h5-7,10,14H,2-4,12H2,1H3;1H/t10-;/m0./s1. The van der Waals surface area contributed by atoms with Crippen molar-refractivity contribution in [3.63, 3.8) is 0 Å². The summed E-state index contributed by atoms with van der Waals surface area (Å²) >= 11 is 0. The number of rotatable bonds is 5. The summed E-state index contributed by atoms with van der Waals surface area (Å²) in [6.07, 6.45) is 2.58. The predicted molar refractivity (Wildman–Crippen MR) is 68.5 cm³/mol. The summed E-state index contributed by atoms with van der Waals surface area (Å²) in [5.74, 6) is 0.00699. The van der Waals surface area contributed by atoms with Crippen molar-refractivity contribution >= 4 is 18.1 Å². The molecule has 0 aliphatic rings. The molecule has 6 heteroatoms. The third-order valence-corrected chi connectivity index (χ3v) is 2.48. The number of halogens is 1. The van der Waals surface area contributed by atoms with Crippen LogP contribution in [0.5, 0.6) is 5.75 Å². The van der Waals surface area contributed by atoms with Crippen LogP contribution in [0.2, 0.25) is 0 Å². The first-order valence-electron chi connectivity index (χ1n) is 5.29. The molecular formula is C11H17ClN2O3. The van der Waals surface area contributed by atoms with Gasteiger partial charge in [0.15, 0.2) is 0 Å². The first kappa shape index (κ1) is 15.7. The third-order valence-electron chi connectivity index (χ3n) is 2.48. The van der Waals surface area contributed by atoms with Crippen molar-refractivity contribution in [3.05, 3.63) is 33.9 Å². The molecule has 1 aromatic rings. The smallest absolute Gasteiger partial charge is 0.274 e. The number of nitro groups is 1. The van der Waals surface area contributed by atoms with Gasteiger partial charge in [0.2, 0.25) is 0 Å². The summed E-state index contributed by atoms with van der Waals surface area (Å²) < 4.78 is 0. The van der Waals surface area contributed by atoms with Crippen molar-refractivity contribution < 1.29 is 10.0 Å². The van der Waals surface area contributed by atoms with Crippen LogP contribution in [0.3, 0.4) is 0 Å². The molecule has 96 valence electrons. The number of nitro benzene ring substituents is 1. The normalized spacial score (nSPS) is 11.6. The summed E-state index contributed by atoms with van der Waals surface area (Å²) in [6.45, 7) is 2.03. The number of unbranched alkanes of at least 4 members (excludes halogenated alkanes) is 1. The molecule has 0 aliphatic carbocycles. The molecule has 17 heavy (non-hydrogen) atoms. The second-order valence-electron chi connectivity index (χ2n) is 3.75. The number of phenols is 1. The first-order valence-corrected chi connectivity index (χ1v) is 5.29. The Hall–Kier alpha value is -1.33. The molecule has 5 nitrogen and oxygen atoms in total. The van der Waals surface area contributed by atoms with Crippen molar-refractivity contribution in [2.75, 3.05) is 0 Å². The Balaban J connectivity index is 0.00000256. The Bertz CT molecular complexity index is 385. The van der Waals surface area contributed by atoms with E-state index in [-0.39, 0.29) is 23.8 Å². The van der Waals surface area contributed by atoms with Gasteiger partial charge in [-0.25, -0.2) is 0 Å². The van der Waals surface area contributed by atoms with Gasteiger partial charge < -0.3 is 10.8 Å². The predicted octanol–water partition coefficient (Wildman–Crippen LogP) is 2.91. The van der Waals surface area contributed by atoms with Crippen LogP contribution < -0.4 is 5.73 Å². The van der Waals surface area contributed by atoms with Crippen LogP contribution in [-0.2, 0) is 0 Å². The van der Waals surface area contributed by atoms with Crippen LogP contribution in [-0.4, -0.2) is 10.0 Å². The number of phenolic OH excluding ortho intramolecular Hbond substituents is 1. The van der Waals surface area contributed by atoms with E-state index in [1.807, 2.05) is 6.92 Å². The zero-order valence-corrected chi connectivity index (χ0v) is 10.4. The molecule has 0 spiro atoms. The van der Waals surface area contributed by atoms with Crippen LogP contribution in [0.25, 0.3) is 0 Å². The number of hydrogen-bond acceptors (Lipinski definition) is 4. The van der Waals surface area contributed by atoms with E-state index in [1.54, 1.807) is 0 Å². The van der Waals surface area contributed by atoms with E-state index in [1.165, 1.54) is 18.2 Å². The highest BCUT2D eigenvalue weighted by atomic mass is 35.5. The zero-order valence-electron chi connectivity index (χ0n) is 9.63. The molecular weight excluding hydrogens is 244 g/mol. The molecule has 1 aromatic carbocycles. The summed E-state index contributed by atoms with van der Waals surface area (Å²) in [4.78, 5) is 10.3. The number of hydrogen-bond donors (Lipinski definition) is 2. The van der Waals surface area contributed by atoms with Gasteiger partial charge in [-0.2, -0.15) is 0 Å². The monoisotopic (exact) mass is 260 g/mol. The van der Waals surface area contributed by atoms with Crippen LogP contribution in [0, 0.1) is 10.1 Å². The Labute approximate surface area is 106 Å². The molecule has 0 amide bonds. The first-order chi connectivity index (χ1) is 7.56. The van der Waals surface area contributed by atoms with E-state index in [2.05, 4.69) is 0 Å². The lowest BCUT2D eigenvalue weighted by Gasteiger charge is -2.11. The van der Waals surface area contributed by atoms with Gasteiger partial charge >= 0.3 is 0 Å². The maximum Gasteiger partial charge on any atom is 0.274 e. The number of aromatic hydroxyl groups is 1. The lowest BCUT2D eigenvalue weighted by Crippen LogP contribution is -2.12.